The van der Waals surface area contributed by atoms with E-state index in [0.717, 1.165) is 5.56 Å². The number of hydrogen-bond donors (Lipinski definition) is 1. The van der Waals surface area contributed by atoms with Gasteiger partial charge >= 0.3 is 0 Å². The molecule has 2 aromatic rings. The normalized spacial score (nSPS) is 11.7. The van der Waals surface area contributed by atoms with E-state index in [1.807, 2.05) is 44.2 Å². The van der Waals surface area contributed by atoms with E-state index in [-0.39, 0.29) is 31.0 Å². The quantitative estimate of drug-likeness (QED) is 0.750. The van der Waals surface area contributed by atoms with Crippen LogP contribution in [-0.2, 0) is 16.1 Å². The third kappa shape index (κ3) is 6.61. The lowest BCUT2D eigenvalue weighted by molar-refractivity contribution is -0.142. The van der Waals surface area contributed by atoms with Crippen molar-refractivity contribution in [2.75, 3.05) is 6.61 Å². The highest BCUT2D eigenvalue weighted by atomic mass is 35.5. The zero-order valence-corrected chi connectivity index (χ0v) is 16.6. The zero-order chi connectivity index (χ0) is 19.8. The summed E-state index contributed by atoms with van der Waals surface area (Å²) in [6.07, 6.45) is 0. The molecule has 0 aliphatic carbocycles. The van der Waals surface area contributed by atoms with Gasteiger partial charge in [-0.2, -0.15) is 0 Å². The molecule has 0 heterocycles. The minimum Gasteiger partial charge on any atom is -0.484 e. The van der Waals surface area contributed by atoms with Gasteiger partial charge in [-0.1, -0.05) is 41.9 Å². The molecule has 1 N–H and O–H groups in total. The smallest absolute Gasteiger partial charge is 0.261 e. The van der Waals surface area contributed by atoms with Crippen LogP contribution in [0.3, 0.4) is 0 Å². The summed E-state index contributed by atoms with van der Waals surface area (Å²) in [7, 11) is 0. The van der Waals surface area contributed by atoms with Gasteiger partial charge in [0.2, 0.25) is 5.91 Å². The molecule has 6 heteroatoms. The first kappa shape index (κ1) is 20.8. The number of carbonyl (C=O) groups is 2. The Labute approximate surface area is 165 Å². The minimum atomic E-state index is -0.641. The van der Waals surface area contributed by atoms with E-state index >= 15 is 0 Å². The van der Waals surface area contributed by atoms with E-state index in [2.05, 4.69) is 5.32 Å². The van der Waals surface area contributed by atoms with Crippen LogP contribution in [0.4, 0.5) is 0 Å². The van der Waals surface area contributed by atoms with Crippen LogP contribution in [-0.4, -0.2) is 35.4 Å². The maximum absolute atomic E-state index is 12.8. The summed E-state index contributed by atoms with van der Waals surface area (Å²) in [5.41, 5.74) is 0.847. The van der Waals surface area contributed by atoms with E-state index in [0.29, 0.717) is 10.8 Å². The van der Waals surface area contributed by atoms with Crippen LogP contribution in [0.5, 0.6) is 5.75 Å². The molecule has 0 aliphatic heterocycles. The van der Waals surface area contributed by atoms with Gasteiger partial charge in [-0.15, -0.1) is 0 Å². The fourth-order valence-corrected chi connectivity index (χ4v) is 2.78. The molecule has 5 nitrogen and oxygen atoms in total. The van der Waals surface area contributed by atoms with Crippen LogP contribution in [0.15, 0.2) is 54.6 Å². The average molecular weight is 389 g/mol. The molecule has 0 saturated carbocycles. The summed E-state index contributed by atoms with van der Waals surface area (Å²) < 4.78 is 5.57. The number of amides is 2. The number of carbonyl (C=O) groups excluding carboxylic acids is 2. The van der Waals surface area contributed by atoms with E-state index in [1.54, 1.807) is 31.2 Å². The molecule has 0 unspecified atom stereocenters. The van der Waals surface area contributed by atoms with Crippen LogP contribution in [0.1, 0.15) is 26.3 Å². The molecule has 0 aliphatic rings. The molecule has 0 radical (unpaired) electrons. The van der Waals surface area contributed by atoms with E-state index in [4.69, 9.17) is 16.3 Å². The summed E-state index contributed by atoms with van der Waals surface area (Å²) in [4.78, 5) is 26.8. The van der Waals surface area contributed by atoms with Crippen molar-refractivity contribution in [2.24, 2.45) is 0 Å². The van der Waals surface area contributed by atoms with Gasteiger partial charge in [0.25, 0.3) is 5.91 Å². The molecule has 27 heavy (non-hydrogen) atoms. The number of benzene rings is 2. The van der Waals surface area contributed by atoms with Gasteiger partial charge in [-0.05, 0) is 50.6 Å². The molecule has 2 amide bonds. The van der Waals surface area contributed by atoms with E-state index in [1.165, 1.54) is 4.90 Å². The monoisotopic (exact) mass is 388 g/mol. The first-order valence-corrected chi connectivity index (χ1v) is 9.26. The Morgan fingerprint density at radius 3 is 2.41 bits per heavy atom. The van der Waals surface area contributed by atoms with Gasteiger partial charge in [0.05, 0.1) is 0 Å². The fourth-order valence-electron chi connectivity index (χ4n) is 2.56. The lowest BCUT2D eigenvalue weighted by Gasteiger charge is -2.29. The lowest BCUT2D eigenvalue weighted by Crippen LogP contribution is -2.50. The van der Waals surface area contributed by atoms with Crippen LogP contribution >= 0.6 is 11.6 Å². The van der Waals surface area contributed by atoms with Gasteiger partial charge in [-0.3, -0.25) is 9.59 Å². The molecular weight excluding hydrogens is 364 g/mol. The number of halogens is 1. The highest BCUT2D eigenvalue weighted by Gasteiger charge is 2.26. The van der Waals surface area contributed by atoms with Gasteiger partial charge in [0.1, 0.15) is 11.8 Å². The molecule has 0 spiro atoms. The van der Waals surface area contributed by atoms with Gasteiger partial charge in [0.15, 0.2) is 6.61 Å². The van der Waals surface area contributed by atoms with Crippen molar-refractivity contribution in [3.63, 3.8) is 0 Å². The van der Waals surface area contributed by atoms with Gasteiger partial charge < -0.3 is 15.0 Å². The second-order valence-electron chi connectivity index (χ2n) is 6.59. The fraction of sp³-hybridized carbons (Fsp3) is 0.333. The molecule has 2 aromatic carbocycles. The van der Waals surface area contributed by atoms with Crippen molar-refractivity contribution in [1.29, 1.82) is 0 Å². The van der Waals surface area contributed by atoms with Crippen LogP contribution < -0.4 is 10.1 Å². The van der Waals surface area contributed by atoms with Crippen LogP contribution in [0, 0.1) is 0 Å². The SMILES string of the molecule is CC(C)NC(=O)[C@H](C)N(Cc1cccc(Cl)c1)C(=O)COc1ccccc1. The molecular formula is C21H25ClN2O3. The minimum absolute atomic E-state index is 0.0105. The topological polar surface area (TPSA) is 58.6 Å². The summed E-state index contributed by atoms with van der Waals surface area (Å²) >= 11 is 6.05. The highest BCUT2D eigenvalue weighted by molar-refractivity contribution is 6.30. The largest absolute Gasteiger partial charge is 0.484 e. The van der Waals surface area contributed by atoms with Crippen molar-refractivity contribution in [3.05, 3.63) is 65.2 Å². The molecule has 0 saturated heterocycles. The number of ether oxygens (including phenoxy) is 1. The zero-order valence-electron chi connectivity index (χ0n) is 15.8. The Kier molecular flexibility index (Phi) is 7.67. The molecule has 144 valence electrons. The van der Waals surface area contributed by atoms with Crippen molar-refractivity contribution in [3.8, 4) is 5.75 Å². The first-order valence-electron chi connectivity index (χ1n) is 8.89. The third-order valence-corrected chi connectivity index (χ3v) is 4.18. The number of nitrogens with zero attached hydrogens (tertiary/aromatic N) is 1. The predicted molar refractivity (Wildman–Crippen MR) is 107 cm³/mol. The number of para-hydroxylation sites is 1. The highest BCUT2D eigenvalue weighted by Crippen LogP contribution is 2.16. The Balaban J connectivity index is 2.14. The summed E-state index contributed by atoms with van der Waals surface area (Å²) in [6, 6.07) is 15.7. The Hall–Kier alpha value is -2.53. The Morgan fingerprint density at radius 2 is 1.78 bits per heavy atom. The molecule has 2 rings (SSSR count). The lowest BCUT2D eigenvalue weighted by atomic mass is 10.1. The van der Waals surface area contributed by atoms with Crippen LogP contribution in [0.25, 0.3) is 0 Å². The maximum atomic E-state index is 12.8. The second kappa shape index (κ2) is 9.97. The molecule has 0 fully saturated rings. The average Bonchev–Trinajstić information content (AvgIpc) is 2.64. The number of hydrogen-bond acceptors (Lipinski definition) is 3. The van der Waals surface area contributed by atoms with Crippen molar-refractivity contribution in [2.45, 2.75) is 39.4 Å². The van der Waals surface area contributed by atoms with E-state index in [9.17, 15) is 9.59 Å². The molecule has 1 atom stereocenters. The van der Waals surface area contributed by atoms with Gasteiger partial charge in [0, 0.05) is 17.6 Å². The van der Waals surface area contributed by atoms with Crippen molar-refractivity contribution < 1.29 is 14.3 Å². The van der Waals surface area contributed by atoms with Crippen molar-refractivity contribution >= 4 is 23.4 Å². The molecule has 0 bridgehead atoms. The predicted octanol–water partition coefficient (Wildman–Crippen LogP) is 3.66. The van der Waals surface area contributed by atoms with Gasteiger partial charge in [-0.25, -0.2) is 0 Å². The Bertz CT molecular complexity index is 765. The second-order valence-corrected chi connectivity index (χ2v) is 7.03. The Morgan fingerprint density at radius 1 is 1.07 bits per heavy atom. The van der Waals surface area contributed by atoms with Crippen molar-refractivity contribution in [1.82, 2.24) is 10.2 Å². The maximum Gasteiger partial charge on any atom is 0.261 e. The van der Waals surface area contributed by atoms with Crippen LogP contribution in [0.2, 0.25) is 5.02 Å². The molecule has 0 aromatic heterocycles. The number of nitrogens with one attached hydrogen (secondary N) is 1. The first-order chi connectivity index (χ1) is 12.9. The summed E-state index contributed by atoms with van der Waals surface area (Å²) in [5.74, 6) is 0.123. The number of rotatable bonds is 8. The van der Waals surface area contributed by atoms with E-state index < -0.39 is 6.04 Å². The summed E-state index contributed by atoms with van der Waals surface area (Å²) in [5, 5.41) is 3.43. The third-order valence-electron chi connectivity index (χ3n) is 3.95. The standard InChI is InChI=1S/C21H25ClN2O3/c1-15(2)23-21(26)16(3)24(13-17-8-7-9-18(22)12-17)20(25)14-27-19-10-5-4-6-11-19/h4-12,15-16H,13-14H2,1-3H3,(H,23,26)/t16-/m0/s1. The summed E-state index contributed by atoms with van der Waals surface area (Å²) in [6.45, 7) is 5.59.